The van der Waals surface area contributed by atoms with Crippen molar-refractivity contribution in [2.45, 2.75) is 33.4 Å². The highest BCUT2D eigenvalue weighted by Gasteiger charge is 2.17. The van der Waals surface area contributed by atoms with E-state index in [0.29, 0.717) is 19.1 Å². The van der Waals surface area contributed by atoms with Crippen LogP contribution in [0.25, 0.3) is 0 Å². The van der Waals surface area contributed by atoms with Crippen molar-refractivity contribution in [3.63, 3.8) is 0 Å². The molecule has 2 N–H and O–H groups in total. The number of guanidine groups is 1. The summed E-state index contributed by atoms with van der Waals surface area (Å²) in [4.78, 5) is 8.80. The lowest BCUT2D eigenvalue weighted by Crippen LogP contribution is -2.38. The van der Waals surface area contributed by atoms with Crippen LogP contribution in [0, 0.1) is 12.8 Å². The summed E-state index contributed by atoms with van der Waals surface area (Å²) >= 11 is 0. The summed E-state index contributed by atoms with van der Waals surface area (Å²) in [7, 11) is 0. The summed E-state index contributed by atoms with van der Waals surface area (Å²) < 4.78 is 13.6. The molecule has 2 aromatic rings. The van der Waals surface area contributed by atoms with Gasteiger partial charge in [0.15, 0.2) is 5.96 Å². The Morgan fingerprint density at radius 2 is 2.32 bits per heavy atom. The molecule has 0 amide bonds. The third-order valence-electron chi connectivity index (χ3n) is 4.69. The lowest BCUT2D eigenvalue weighted by atomic mass is 10.1. The fraction of sp³-hybridized carbons (Fsp3) is 0.524. The number of imidazole rings is 1. The molecule has 28 heavy (non-hydrogen) atoms. The van der Waals surface area contributed by atoms with E-state index in [1.165, 1.54) is 5.56 Å². The Kier molecular flexibility index (Phi) is 7.72. The van der Waals surface area contributed by atoms with Gasteiger partial charge in [0.2, 0.25) is 0 Å². The molecule has 0 radical (unpaired) electrons. The molecule has 2 heterocycles. The van der Waals surface area contributed by atoms with Crippen molar-refractivity contribution in [3.05, 3.63) is 48.0 Å². The molecule has 1 fully saturated rings. The molecule has 0 bridgehead atoms. The minimum absolute atomic E-state index is 0.485. The maximum atomic E-state index is 6.12. The number of nitrogens with zero attached hydrogens (tertiary/aromatic N) is 3. The zero-order valence-corrected chi connectivity index (χ0v) is 16.9. The van der Waals surface area contributed by atoms with Gasteiger partial charge in [-0.2, -0.15) is 0 Å². The Hall–Kier alpha value is -2.54. The van der Waals surface area contributed by atoms with Crippen LogP contribution < -0.4 is 15.4 Å². The largest absolute Gasteiger partial charge is 0.493 e. The van der Waals surface area contributed by atoms with Crippen LogP contribution in [0.1, 0.15) is 24.5 Å². The SMILES string of the molecule is CCNC(=NCc1ccc(C)cc1OCC1CCOC1)NCCn1ccnc1. The molecule has 0 spiro atoms. The summed E-state index contributed by atoms with van der Waals surface area (Å²) in [5.74, 6) is 2.21. The number of ether oxygens (including phenoxy) is 2. The number of benzene rings is 1. The van der Waals surface area contributed by atoms with E-state index in [2.05, 4.69) is 47.7 Å². The molecule has 0 saturated carbocycles. The summed E-state index contributed by atoms with van der Waals surface area (Å²) in [5, 5.41) is 6.67. The van der Waals surface area contributed by atoms with Crippen molar-refractivity contribution < 1.29 is 9.47 Å². The van der Waals surface area contributed by atoms with Crippen LogP contribution in [-0.2, 0) is 17.8 Å². The van der Waals surface area contributed by atoms with Gasteiger partial charge in [-0.1, -0.05) is 12.1 Å². The van der Waals surface area contributed by atoms with Gasteiger partial charge >= 0.3 is 0 Å². The lowest BCUT2D eigenvalue weighted by molar-refractivity contribution is 0.166. The quantitative estimate of drug-likeness (QED) is 0.512. The van der Waals surface area contributed by atoms with Crippen molar-refractivity contribution in [1.82, 2.24) is 20.2 Å². The first-order valence-electron chi connectivity index (χ1n) is 10.0. The molecule has 1 saturated heterocycles. The second-order valence-corrected chi connectivity index (χ2v) is 7.07. The van der Waals surface area contributed by atoms with Crippen molar-refractivity contribution in [1.29, 1.82) is 0 Å². The van der Waals surface area contributed by atoms with Gasteiger partial charge in [-0.3, -0.25) is 0 Å². The zero-order chi connectivity index (χ0) is 19.6. The van der Waals surface area contributed by atoms with Gasteiger partial charge in [0, 0.05) is 50.1 Å². The van der Waals surface area contributed by atoms with Gasteiger partial charge in [0.25, 0.3) is 0 Å². The molecular weight excluding hydrogens is 354 g/mol. The van der Waals surface area contributed by atoms with E-state index in [1.54, 1.807) is 6.20 Å². The number of aromatic nitrogens is 2. The van der Waals surface area contributed by atoms with E-state index < -0.39 is 0 Å². The predicted octanol–water partition coefficient (Wildman–Crippen LogP) is 2.36. The average molecular weight is 386 g/mol. The number of nitrogens with one attached hydrogen (secondary N) is 2. The molecule has 1 aliphatic rings. The Balaban J connectivity index is 1.58. The summed E-state index contributed by atoms with van der Waals surface area (Å²) in [6.07, 6.45) is 6.63. The molecule has 152 valence electrons. The van der Waals surface area contributed by atoms with Gasteiger partial charge < -0.3 is 24.7 Å². The Morgan fingerprint density at radius 1 is 1.39 bits per heavy atom. The minimum Gasteiger partial charge on any atom is -0.493 e. The zero-order valence-electron chi connectivity index (χ0n) is 16.9. The standard InChI is InChI=1S/C21H31N5O2/c1-3-23-21(24-8-10-26-9-7-22-16-26)25-13-19-5-4-17(2)12-20(19)28-15-18-6-11-27-14-18/h4-5,7,9,12,16,18H,3,6,8,10-11,13-15H2,1-2H3,(H2,23,24,25). The number of aryl methyl sites for hydroxylation is 1. The number of hydrogen-bond acceptors (Lipinski definition) is 4. The first kappa shape index (κ1) is 20.2. The molecule has 1 unspecified atom stereocenters. The fourth-order valence-electron chi connectivity index (χ4n) is 3.08. The summed E-state index contributed by atoms with van der Waals surface area (Å²) in [6, 6.07) is 6.31. The topological polar surface area (TPSA) is 72.7 Å². The molecule has 3 rings (SSSR count). The van der Waals surface area contributed by atoms with E-state index in [0.717, 1.165) is 56.5 Å². The highest BCUT2D eigenvalue weighted by Crippen LogP contribution is 2.23. The van der Waals surface area contributed by atoms with Gasteiger partial charge in [0.05, 0.1) is 26.1 Å². The smallest absolute Gasteiger partial charge is 0.191 e. The molecule has 1 aromatic heterocycles. The summed E-state index contributed by atoms with van der Waals surface area (Å²) in [5.41, 5.74) is 2.28. The first-order chi connectivity index (χ1) is 13.7. The second-order valence-electron chi connectivity index (χ2n) is 7.07. The van der Waals surface area contributed by atoms with Gasteiger partial charge in [-0.25, -0.2) is 9.98 Å². The number of hydrogen-bond donors (Lipinski definition) is 2. The van der Waals surface area contributed by atoms with Crippen LogP contribution in [0.5, 0.6) is 5.75 Å². The molecular formula is C21H31N5O2. The van der Waals surface area contributed by atoms with Crippen LogP contribution in [-0.4, -0.2) is 48.4 Å². The van der Waals surface area contributed by atoms with Crippen LogP contribution >= 0.6 is 0 Å². The number of aliphatic imine (C=N–C) groups is 1. The van der Waals surface area contributed by atoms with E-state index >= 15 is 0 Å². The van der Waals surface area contributed by atoms with Crippen LogP contribution in [0.3, 0.4) is 0 Å². The van der Waals surface area contributed by atoms with Gasteiger partial charge in [-0.15, -0.1) is 0 Å². The van der Waals surface area contributed by atoms with E-state index in [1.807, 2.05) is 17.1 Å². The Bertz CT molecular complexity index is 739. The second kappa shape index (κ2) is 10.7. The molecule has 1 atom stereocenters. The third kappa shape index (κ3) is 6.27. The van der Waals surface area contributed by atoms with Crippen LogP contribution in [0.15, 0.2) is 41.9 Å². The fourth-order valence-corrected chi connectivity index (χ4v) is 3.08. The molecule has 7 nitrogen and oxygen atoms in total. The minimum atomic E-state index is 0.485. The van der Waals surface area contributed by atoms with Crippen molar-refractivity contribution >= 4 is 5.96 Å². The Labute approximate surface area is 167 Å². The third-order valence-corrected chi connectivity index (χ3v) is 4.69. The predicted molar refractivity (Wildman–Crippen MR) is 111 cm³/mol. The van der Waals surface area contributed by atoms with Gasteiger partial charge in [-0.05, 0) is 31.9 Å². The van der Waals surface area contributed by atoms with Crippen molar-refractivity contribution in [3.8, 4) is 5.75 Å². The van der Waals surface area contributed by atoms with Crippen LogP contribution in [0.2, 0.25) is 0 Å². The lowest BCUT2D eigenvalue weighted by Gasteiger charge is -2.15. The molecule has 1 aliphatic heterocycles. The van der Waals surface area contributed by atoms with E-state index in [-0.39, 0.29) is 0 Å². The molecule has 1 aromatic carbocycles. The van der Waals surface area contributed by atoms with Crippen LogP contribution in [0.4, 0.5) is 0 Å². The maximum absolute atomic E-state index is 6.12. The Morgan fingerprint density at radius 3 is 3.07 bits per heavy atom. The van der Waals surface area contributed by atoms with Crippen molar-refractivity contribution in [2.75, 3.05) is 32.9 Å². The van der Waals surface area contributed by atoms with E-state index in [4.69, 9.17) is 14.5 Å². The van der Waals surface area contributed by atoms with Crippen molar-refractivity contribution in [2.24, 2.45) is 10.9 Å². The van der Waals surface area contributed by atoms with E-state index in [9.17, 15) is 0 Å². The number of rotatable bonds is 9. The maximum Gasteiger partial charge on any atom is 0.191 e. The summed E-state index contributed by atoms with van der Waals surface area (Å²) in [6.45, 7) is 9.49. The first-order valence-corrected chi connectivity index (χ1v) is 10.0. The van der Waals surface area contributed by atoms with Gasteiger partial charge in [0.1, 0.15) is 5.75 Å². The highest BCUT2D eigenvalue weighted by atomic mass is 16.5. The molecule has 7 heteroatoms. The normalized spacial score (nSPS) is 16.9. The monoisotopic (exact) mass is 385 g/mol. The average Bonchev–Trinajstić information content (AvgIpc) is 3.39. The highest BCUT2D eigenvalue weighted by molar-refractivity contribution is 5.79. The molecule has 0 aliphatic carbocycles.